The van der Waals surface area contributed by atoms with Crippen molar-refractivity contribution in [1.29, 1.82) is 5.26 Å². The second-order valence-electron chi connectivity index (χ2n) is 9.86. The van der Waals surface area contributed by atoms with Gasteiger partial charge in [0.15, 0.2) is 0 Å². The van der Waals surface area contributed by atoms with Gasteiger partial charge in [-0.3, -0.25) is 9.59 Å². The van der Waals surface area contributed by atoms with Crippen molar-refractivity contribution in [2.75, 3.05) is 6.54 Å². The zero-order valence-electron chi connectivity index (χ0n) is 19.2. The third-order valence-electron chi connectivity index (χ3n) is 7.34. The summed E-state index contributed by atoms with van der Waals surface area (Å²) in [6.07, 6.45) is -12.4. The van der Waals surface area contributed by atoms with E-state index in [-0.39, 0.29) is 25.0 Å². The molecule has 206 valence electrons. The Kier molecular flexibility index (Phi) is 6.20. The van der Waals surface area contributed by atoms with E-state index in [9.17, 15) is 46.0 Å². The highest BCUT2D eigenvalue weighted by Crippen LogP contribution is 2.60. The molecule has 3 fully saturated rings. The van der Waals surface area contributed by atoms with Crippen LogP contribution in [0.4, 0.5) is 35.1 Å². The molecule has 38 heavy (non-hydrogen) atoms. The summed E-state index contributed by atoms with van der Waals surface area (Å²) < 4.78 is 113. The molecule has 0 aromatic heterocycles. The predicted molar refractivity (Wildman–Crippen MR) is 109 cm³/mol. The van der Waals surface area contributed by atoms with Gasteiger partial charge in [-0.15, -0.1) is 0 Å². The number of carboxylic acids is 1. The fourth-order valence-corrected chi connectivity index (χ4v) is 4.72. The van der Waals surface area contributed by atoms with Crippen LogP contribution >= 0.6 is 0 Å². The van der Waals surface area contributed by atoms with E-state index in [0.717, 1.165) is 0 Å². The number of hydrogen-bond acceptors (Lipinski definition) is 4. The first-order chi connectivity index (χ1) is 17.4. The van der Waals surface area contributed by atoms with Gasteiger partial charge in [0.25, 0.3) is 5.92 Å². The van der Waals surface area contributed by atoms with Gasteiger partial charge in [-0.1, -0.05) is 6.07 Å². The van der Waals surface area contributed by atoms with Crippen molar-refractivity contribution in [1.82, 2.24) is 10.2 Å². The molecule has 4 rings (SSSR count). The molecule has 7 nitrogen and oxygen atoms in total. The summed E-state index contributed by atoms with van der Waals surface area (Å²) in [7, 11) is 0. The van der Waals surface area contributed by atoms with E-state index in [1.54, 1.807) is 6.07 Å². The number of aromatic carboxylic acids is 1. The molecular weight excluding hydrogens is 534 g/mol. The molecule has 0 bridgehead atoms. The van der Waals surface area contributed by atoms with Crippen molar-refractivity contribution >= 4 is 17.8 Å². The Morgan fingerprint density at radius 2 is 1.61 bits per heavy atom. The highest BCUT2D eigenvalue weighted by atomic mass is 19.4. The van der Waals surface area contributed by atoms with Gasteiger partial charge in [0.1, 0.15) is 17.0 Å². The molecule has 2 atom stereocenters. The number of carbonyl (C=O) groups excluding carboxylic acids is 2. The Hall–Kier alpha value is -3.44. The number of hydrogen-bond donors (Lipinski definition) is 2. The average molecular weight is 553 g/mol. The number of carboxylic acid groups (broad SMARTS) is 1. The van der Waals surface area contributed by atoms with Gasteiger partial charge < -0.3 is 15.3 Å². The van der Waals surface area contributed by atoms with Crippen molar-refractivity contribution in [3.8, 4) is 6.07 Å². The van der Waals surface area contributed by atoms with Crippen molar-refractivity contribution in [2.24, 2.45) is 11.3 Å². The number of nitrogens with zero attached hydrogens (tertiary/aromatic N) is 2. The van der Waals surface area contributed by atoms with E-state index in [2.05, 4.69) is 5.32 Å². The molecule has 1 heterocycles. The van der Waals surface area contributed by atoms with Crippen molar-refractivity contribution in [3.63, 3.8) is 0 Å². The third kappa shape index (κ3) is 4.54. The lowest BCUT2D eigenvalue weighted by molar-refractivity contribution is -0.199. The van der Waals surface area contributed by atoms with Crippen LogP contribution in [0.5, 0.6) is 0 Å². The Morgan fingerprint density at radius 1 is 1.00 bits per heavy atom. The quantitative estimate of drug-likeness (QED) is 0.513. The lowest BCUT2D eigenvalue weighted by Gasteiger charge is -2.30. The molecule has 3 aliphatic rings. The van der Waals surface area contributed by atoms with Crippen LogP contribution in [0.1, 0.15) is 53.6 Å². The lowest BCUT2D eigenvalue weighted by atomic mass is 9.88. The summed E-state index contributed by atoms with van der Waals surface area (Å²) in [5.74, 6) is -11.3. The monoisotopic (exact) mass is 553 g/mol. The number of nitriles is 1. The predicted octanol–water partition coefficient (Wildman–Crippen LogP) is 4.23. The van der Waals surface area contributed by atoms with E-state index in [4.69, 9.17) is 5.11 Å². The van der Waals surface area contributed by atoms with E-state index >= 15 is 8.78 Å². The van der Waals surface area contributed by atoms with Gasteiger partial charge in [-0.2, -0.15) is 31.6 Å². The lowest BCUT2D eigenvalue weighted by Crippen LogP contribution is -2.53. The number of alkyl halides is 8. The summed E-state index contributed by atoms with van der Waals surface area (Å²) in [4.78, 5) is 37.3. The SMILES string of the molecule is N#CC1(NC(=O)[C@@H]2CC(C(F)(F)c3ccc(C(=O)O)cc3C(F)(F)F)CN2C(=O)C2(C(F)(F)F)CC2)CC1. The number of likely N-dealkylation sites (tertiary alicyclic amines) is 1. The summed E-state index contributed by atoms with van der Waals surface area (Å²) in [5, 5.41) is 20.4. The standard InChI is InChI=1S/C23H19F8N3O4/c24-21(25,13-2-1-11(17(36)37)7-14(13)22(26,27)28)12-8-15(16(35)33-19(10-32)3-4-19)34(9-12)18(38)20(5-6-20)23(29,30)31/h1-2,7,12,15H,3-6,8-9H2,(H,33,35)(H,36,37)/t12?,15-/m0/s1. The fraction of sp³-hybridized carbons (Fsp3) is 0.565. The zero-order valence-corrected chi connectivity index (χ0v) is 19.2. The molecule has 0 radical (unpaired) electrons. The van der Waals surface area contributed by atoms with Crippen molar-refractivity contribution in [2.45, 2.75) is 62.0 Å². The normalized spacial score (nSPS) is 23.9. The summed E-state index contributed by atoms with van der Waals surface area (Å²) in [6.45, 7) is -1.17. The molecule has 2 amide bonds. The number of nitrogens with one attached hydrogen (secondary N) is 1. The minimum atomic E-state index is -5.42. The number of benzene rings is 1. The van der Waals surface area contributed by atoms with Gasteiger partial charge >= 0.3 is 18.3 Å². The van der Waals surface area contributed by atoms with E-state index in [1.807, 2.05) is 0 Å². The molecule has 1 aromatic rings. The van der Waals surface area contributed by atoms with Crippen LogP contribution in [0.15, 0.2) is 18.2 Å². The Morgan fingerprint density at radius 3 is 2.05 bits per heavy atom. The molecular formula is C23H19F8N3O4. The Balaban J connectivity index is 1.72. The number of carbonyl (C=O) groups is 3. The molecule has 0 spiro atoms. The molecule has 2 aliphatic carbocycles. The highest BCUT2D eigenvalue weighted by molar-refractivity contribution is 5.93. The molecule has 1 aromatic carbocycles. The van der Waals surface area contributed by atoms with Crippen LogP contribution in [0.2, 0.25) is 0 Å². The number of rotatable bonds is 6. The van der Waals surface area contributed by atoms with Gasteiger partial charge in [0.2, 0.25) is 11.8 Å². The summed E-state index contributed by atoms with van der Waals surface area (Å²) in [5.41, 5.74) is -8.78. The first-order valence-corrected chi connectivity index (χ1v) is 11.3. The first kappa shape index (κ1) is 27.6. The largest absolute Gasteiger partial charge is 0.478 e. The third-order valence-corrected chi connectivity index (χ3v) is 7.34. The minimum absolute atomic E-state index is 0.0141. The molecule has 15 heteroatoms. The highest BCUT2D eigenvalue weighted by Gasteiger charge is 2.71. The maximum absolute atomic E-state index is 15.6. The van der Waals surface area contributed by atoms with E-state index < -0.39 is 101 Å². The van der Waals surface area contributed by atoms with Gasteiger partial charge in [-0.05, 0) is 44.2 Å². The first-order valence-electron chi connectivity index (χ1n) is 11.3. The second kappa shape index (κ2) is 8.54. The van der Waals surface area contributed by atoms with Crippen LogP contribution in [0, 0.1) is 22.7 Å². The average Bonchev–Trinajstić information content (AvgIpc) is 3.73. The summed E-state index contributed by atoms with van der Waals surface area (Å²) >= 11 is 0. The maximum Gasteiger partial charge on any atom is 0.416 e. The van der Waals surface area contributed by atoms with E-state index in [1.165, 1.54) is 0 Å². The Labute approximate surface area is 209 Å². The molecule has 1 saturated heterocycles. The maximum atomic E-state index is 15.6. The van der Waals surface area contributed by atoms with Crippen LogP contribution in [0.25, 0.3) is 0 Å². The molecule has 1 unspecified atom stereocenters. The van der Waals surface area contributed by atoms with Gasteiger partial charge in [-0.25, -0.2) is 13.6 Å². The van der Waals surface area contributed by atoms with Crippen molar-refractivity contribution in [3.05, 3.63) is 34.9 Å². The van der Waals surface area contributed by atoms with Gasteiger partial charge in [0.05, 0.1) is 17.2 Å². The van der Waals surface area contributed by atoms with Crippen molar-refractivity contribution < 1.29 is 54.6 Å². The number of amides is 2. The van der Waals surface area contributed by atoms with Crippen LogP contribution in [-0.4, -0.2) is 52.1 Å². The fourth-order valence-electron chi connectivity index (χ4n) is 4.72. The molecule has 2 N–H and O–H groups in total. The second-order valence-corrected chi connectivity index (χ2v) is 9.86. The zero-order chi connectivity index (χ0) is 28.5. The van der Waals surface area contributed by atoms with Gasteiger partial charge in [0, 0.05) is 18.0 Å². The van der Waals surface area contributed by atoms with E-state index in [0.29, 0.717) is 11.0 Å². The van der Waals surface area contributed by atoms with Crippen LogP contribution in [-0.2, 0) is 21.7 Å². The van der Waals surface area contributed by atoms with Crippen LogP contribution in [0.3, 0.4) is 0 Å². The topological polar surface area (TPSA) is 110 Å². The molecule has 1 aliphatic heterocycles. The minimum Gasteiger partial charge on any atom is -0.478 e. The van der Waals surface area contributed by atoms with Crippen LogP contribution < -0.4 is 5.32 Å². The summed E-state index contributed by atoms with van der Waals surface area (Å²) in [6, 6.07) is 0.695. The number of halogens is 8. The Bertz CT molecular complexity index is 1230. The molecule has 2 saturated carbocycles. The smallest absolute Gasteiger partial charge is 0.416 e.